The lowest BCUT2D eigenvalue weighted by Crippen LogP contribution is -2.42. The third kappa shape index (κ3) is 3.99. The first-order valence-electron chi connectivity index (χ1n) is 8.15. The molecule has 0 radical (unpaired) electrons. The van der Waals surface area contributed by atoms with Gasteiger partial charge >= 0.3 is 0 Å². The highest BCUT2D eigenvalue weighted by atomic mass is 79.9. The van der Waals surface area contributed by atoms with Gasteiger partial charge < -0.3 is 10.1 Å². The Morgan fingerprint density at radius 2 is 2.29 bits per heavy atom. The molecule has 1 saturated heterocycles. The zero-order valence-electron chi connectivity index (χ0n) is 12.8. The third-order valence-electron chi connectivity index (χ3n) is 4.41. The first kappa shape index (κ1) is 15.3. The first-order chi connectivity index (χ1) is 10.2. The lowest BCUT2D eigenvalue weighted by Gasteiger charge is -2.27. The molecule has 0 aliphatic carbocycles. The SMILES string of the molecule is CCCN(CC1CCCN1)CC1Cc2cc(Br)ccc2O1. The van der Waals surface area contributed by atoms with E-state index < -0.39 is 0 Å². The van der Waals surface area contributed by atoms with Crippen molar-refractivity contribution in [3.63, 3.8) is 0 Å². The van der Waals surface area contributed by atoms with Crippen LogP contribution in [0.25, 0.3) is 0 Å². The average molecular weight is 353 g/mol. The lowest BCUT2D eigenvalue weighted by molar-refractivity contribution is 0.143. The van der Waals surface area contributed by atoms with Crippen LogP contribution >= 0.6 is 15.9 Å². The predicted molar refractivity (Wildman–Crippen MR) is 90.0 cm³/mol. The summed E-state index contributed by atoms with van der Waals surface area (Å²) in [6.45, 7) is 6.81. The smallest absolute Gasteiger partial charge is 0.123 e. The number of benzene rings is 1. The Hall–Kier alpha value is -0.580. The summed E-state index contributed by atoms with van der Waals surface area (Å²) in [6, 6.07) is 7.02. The molecule has 0 spiro atoms. The van der Waals surface area contributed by atoms with Crippen molar-refractivity contribution in [3.8, 4) is 5.75 Å². The highest BCUT2D eigenvalue weighted by Crippen LogP contribution is 2.31. The number of nitrogens with one attached hydrogen (secondary N) is 1. The Bertz CT molecular complexity index is 474. The Morgan fingerprint density at radius 3 is 3.05 bits per heavy atom. The maximum absolute atomic E-state index is 6.12. The van der Waals surface area contributed by atoms with Crippen molar-refractivity contribution in [2.45, 2.75) is 44.8 Å². The van der Waals surface area contributed by atoms with Gasteiger partial charge in [0.2, 0.25) is 0 Å². The summed E-state index contributed by atoms with van der Waals surface area (Å²) in [5, 5.41) is 3.61. The van der Waals surface area contributed by atoms with E-state index in [9.17, 15) is 0 Å². The van der Waals surface area contributed by atoms with Gasteiger partial charge in [0.15, 0.2) is 0 Å². The van der Waals surface area contributed by atoms with Crippen molar-refractivity contribution in [2.24, 2.45) is 0 Å². The molecule has 0 bridgehead atoms. The van der Waals surface area contributed by atoms with E-state index in [1.54, 1.807) is 0 Å². The molecule has 3 nitrogen and oxygen atoms in total. The molecule has 0 saturated carbocycles. The van der Waals surface area contributed by atoms with Crippen LogP contribution in [0.2, 0.25) is 0 Å². The minimum absolute atomic E-state index is 0.308. The second-order valence-electron chi connectivity index (χ2n) is 6.25. The van der Waals surface area contributed by atoms with Crippen molar-refractivity contribution in [2.75, 3.05) is 26.2 Å². The van der Waals surface area contributed by atoms with Gasteiger partial charge in [-0.3, -0.25) is 4.90 Å². The maximum atomic E-state index is 6.12. The van der Waals surface area contributed by atoms with E-state index in [-0.39, 0.29) is 0 Å². The van der Waals surface area contributed by atoms with Gasteiger partial charge in [-0.2, -0.15) is 0 Å². The van der Waals surface area contributed by atoms with Gasteiger partial charge in [0, 0.05) is 30.0 Å². The monoisotopic (exact) mass is 352 g/mol. The fourth-order valence-corrected chi connectivity index (χ4v) is 3.88. The molecule has 2 heterocycles. The summed E-state index contributed by atoms with van der Waals surface area (Å²) in [6.07, 6.45) is 5.19. The summed E-state index contributed by atoms with van der Waals surface area (Å²) < 4.78 is 7.26. The molecule has 2 unspecified atom stereocenters. The van der Waals surface area contributed by atoms with E-state index in [2.05, 4.69) is 51.3 Å². The van der Waals surface area contributed by atoms with Crippen molar-refractivity contribution < 1.29 is 4.74 Å². The fourth-order valence-electron chi connectivity index (χ4n) is 3.48. The van der Waals surface area contributed by atoms with E-state index in [1.165, 1.54) is 31.4 Å². The summed E-state index contributed by atoms with van der Waals surface area (Å²) in [5.41, 5.74) is 1.34. The standard InChI is InChI=1S/C17H25BrN2O/c1-2-8-20(11-15-4-3-7-19-15)12-16-10-13-9-14(18)5-6-17(13)21-16/h5-6,9,15-16,19H,2-4,7-8,10-12H2,1H3. The van der Waals surface area contributed by atoms with Crippen LogP contribution in [-0.4, -0.2) is 43.2 Å². The summed E-state index contributed by atoms with van der Waals surface area (Å²) in [4.78, 5) is 2.58. The van der Waals surface area contributed by atoms with E-state index in [4.69, 9.17) is 4.74 Å². The first-order valence-corrected chi connectivity index (χ1v) is 8.94. The topological polar surface area (TPSA) is 24.5 Å². The highest BCUT2D eigenvalue weighted by Gasteiger charge is 2.26. The zero-order chi connectivity index (χ0) is 14.7. The number of ether oxygens (including phenoxy) is 1. The number of hydrogen-bond acceptors (Lipinski definition) is 3. The summed E-state index contributed by atoms with van der Waals surface area (Å²) >= 11 is 3.54. The van der Waals surface area contributed by atoms with E-state index >= 15 is 0 Å². The van der Waals surface area contributed by atoms with Gasteiger partial charge in [0.25, 0.3) is 0 Å². The predicted octanol–water partition coefficient (Wildman–Crippen LogP) is 3.22. The average Bonchev–Trinajstić information content (AvgIpc) is 3.07. The fraction of sp³-hybridized carbons (Fsp3) is 0.647. The molecular formula is C17H25BrN2O. The third-order valence-corrected chi connectivity index (χ3v) is 4.90. The van der Waals surface area contributed by atoms with E-state index in [0.29, 0.717) is 12.1 Å². The van der Waals surface area contributed by atoms with Crippen LogP contribution < -0.4 is 10.1 Å². The molecule has 0 aromatic heterocycles. The molecule has 2 atom stereocenters. The number of rotatable bonds is 6. The Labute approximate surface area is 136 Å². The molecule has 21 heavy (non-hydrogen) atoms. The van der Waals surface area contributed by atoms with Crippen LogP contribution in [0.15, 0.2) is 22.7 Å². The minimum atomic E-state index is 0.308. The molecule has 116 valence electrons. The number of nitrogens with zero attached hydrogens (tertiary/aromatic N) is 1. The molecule has 0 amide bonds. The molecule has 1 aromatic carbocycles. The van der Waals surface area contributed by atoms with Crippen molar-refractivity contribution >= 4 is 15.9 Å². The van der Waals surface area contributed by atoms with Gasteiger partial charge in [-0.05, 0) is 56.1 Å². The van der Waals surface area contributed by atoms with Crippen molar-refractivity contribution in [1.82, 2.24) is 10.2 Å². The van der Waals surface area contributed by atoms with E-state index in [0.717, 1.165) is 36.3 Å². The van der Waals surface area contributed by atoms with Gasteiger partial charge in [0.1, 0.15) is 11.9 Å². The quantitative estimate of drug-likeness (QED) is 0.850. The van der Waals surface area contributed by atoms with Gasteiger partial charge in [-0.15, -0.1) is 0 Å². The van der Waals surface area contributed by atoms with Crippen molar-refractivity contribution in [3.05, 3.63) is 28.2 Å². The van der Waals surface area contributed by atoms with Crippen LogP contribution in [0.4, 0.5) is 0 Å². The Balaban J connectivity index is 1.56. The molecule has 1 aromatic rings. The second-order valence-corrected chi connectivity index (χ2v) is 7.16. The van der Waals surface area contributed by atoms with Gasteiger partial charge in [0.05, 0.1) is 0 Å². The molecule has 4 heteroatoms. The maximum Gasteiger partial charge on any atom is 0.123 e. The van der Waals surface area contributed by atoms with Crippen LogP contribution in [0.1, 0.15) is 31.7 Å². The van der Waals surface area contributed by atoms with Gasteiger partial charge in [-0.25, -0.2) is 0 Å². The van der Waals surface area contributed by atoms with Crippen LogP contribution in [0.3, 0.4) is 0 Å². The van der Waals surface area contributed by atoms with E-state index in [1.807, 2.05) is 0 Å². The number of hydrogen-bond donors (Lipinski definition) is 1. The summed E-state index contributed by atoms with van der Waals surface area (Å²) in [5.74, 6) is 1.07. The molecule has 1 N–H and O–H groups in total. The second kappa shape index (κ2) is 7.12. The zero-order valence-corrected chi connectivity index (χ0v) is 14.4. The normalized spacial score (nSPS) is 24.3. The van der Waals surface area contributed by atoms with Crippen LogP contribution in [0.5, 0.6) is 5.75 Å². The van der Waals surface area contributed by atoms with Crippen LogP contribution in [-0.2, 0) is 6.42 Å². The molecule has 3 rings (SSSR count). The van der Waals surface area contributed by atoms with Gasteiger partial charge in [-0.1, -0.05) is 22.9 Å². The largest absolute Gasteiger partial charge is 0.488 e. The molecule has 2 aliphatic rings. The van der Waals surface area contributed by atoms with Crippen molar-refractivity contribution in [1.29, 1.82) is 0 Å². The van der Waals surface area contributed by atoms with Crippen LogP contribution in [0, 0.1) is 0 Å². The number of fused-ring (bicyclic) bond motifs is 1. The highest BCUT2D eigenvalue weighted by molar-refractivity contribution is 9.10. The molecular weight excluding hydrogens is 328 g/mol. The summed E-state index contributed by atoms with van der Waals surface area (Å²) in [7, 11) is 0. The molecule has 1 fully saturated rings. The lowest BCUT2D eigenvalue weighted by atomic mass is 10.1. The number of halogens is 1. The Morgan fingerprint density at radius 1 is 1.38 bits per heavy atom. The molecule has 2 aliphatic heterocycles. The Kier molecular flexibility index (Phi) is 5.19. The minimum Gasteiger partial charge on any atom is -0.488 e.